The summed E-state index contributed by atoms with van der Waals surface area (Å²) in [5, 5.41) is 7.07. The van der Waals surface area contributed by atoms with E-state index >= 15 is 0 Å². The minimum atomic E-state index is 0.713. The van der Waals surface area contributed by atoms with Crippen molar-refractivity contribution in [2.45, 2.75) is 32.7 Å². The molecule has 1 N–H and O–H groups in total. The molecule has 0 saturated carbocycles. The molecule has 0 spiro atoms. The number of unbranched alkanes of at least 4 members (excludes halogenated alkanes) is 1. The lowest BCUT2D eigenvalue weighted by molar-refractivity contribution is 0.267. The molecule has 0 aromatic carbocycles. The van der Waals surface area contributed by atoms with Gasteiger partial charge >= 0.3 is 0 Å². The maximum atomic E-state index is 5.19. The van der Waals surface area contributed by atoms with E-state index in [-0.39, 0.29) is 0 Å². The van der Waals surface area contributed by atoms with Crippen LogP contribution in [0, 0.1) is 0 Å². The lowest BCUT2D eigenvalue weighted by atomic mass is 10.2. The molecule has 0 radical (unpaired) electrons. The molecule has 92 valence electrons. The van der Waals surface area contributed by atoms with Crippen molar-refractivity contribution < 1.29 is 4.52 Å². The molecular weight excluding hydrogens is 204 g/mol. The minimum Gasteiger partial charge on any atom is -0.338 e. The zero-order chi connectivity index (χ0) is 11.8. The van der Waals surface area contributed by atoms with Gasteiger partial charge in [-0.25, -0.2) is 0 Å². The lowest BCUT2D eigenvalue weighted by Gasteiger charge is -2.12. The van der Waals surface area contributed by atoms with E-state index in [0.29, 0.717) is 5.89 Å². The third kappa shape index (κ3) is 4.72. The van der Waals surface area contributed by atoms with Crippen LogP contribution in [0.4, 0.5) is 0 Å². The van der Waals surface area contributed by atoms with Crippen LogP contribution in [0.25, 0.3) is 0 Å². The highest BCUT2D eigenvalue weighted by molar-refractivity contribution is 4.86. The molecule has 0 amide bonds. The van der Waals surface area contributed by atoms with Crippen molar-refractivity contribution in [1.82, 2.24) is 20.4 Å². The van der Waals surface area contributed by atoms with Crippen LogP contribution in [-0.4, -0.2) is 42.2 Å². The zero-order valence-corrected chi connectivity index (χ0v) is 10.5. The normalized spacial score (nSPS) is 11.2. The van der Waals surface area contributed by atoms with Gasteiger partial charge < -0.3 is 9.84 Å². The molecule has 5 heteroatoms. The van der Waals surface area contributed by atoms with Crippen molar-refractivity contribution in [1.29, 1.82) is 0 Å². The Kier molecular flexibility index (Phi) is 6.03. The quantitative estimate of drug-likeness (QED) is 0.718. The fourth-order valence-corrected chi connectivity index (χ4v) is 1.40. The number of likely N-dealkylation sites (N-methyl/N-ethyl adjacent to an activating group) is 2. The maximum absolute atomic E-state index is 5.19. The number of rotatable bonds is 8. The van der Waals surface area contributed by atoms with Crippen LogP contribution in [0.1, 0.15) is 31.5 Å². The second-order valence-electron chi connectivity index (χ2n) is 4.05. The van der Waals surface area contributed by atoms with Crippen LogP contribution in [0.3, 0.4) is 0 Å². The molecule has 16 heavy (non-hydrogen) atoms. The van der Waals surface area contributed by atoms with Gasteiger partial charge in [0.25, 0.3) is 0 Å². The predicted molar refractivity (Wildman–Crippen MR) is 63.2 cm³/mol. The first-order chi connectivity index (χ1) is 7.76. The van der Waals surface area contributed by atoms with Gasteiger partial charge in [-0.1, -0.05) is 18.5 Å². The summed E-state index contributed by atoms with van der Waals surface area (Å²) in [7, 11) is 4.00. The Morgan fingerprint density at radius 3 is 2.94 bits per heavy atom. The van der Waals surface area contributed by atoms with Crippen LogP contribution in [0.2, 0.25) is 0 Å². The SMILES string of the molecule is CCCCc1noc(CN(C)CCNC)n1. The molecule has 0 unspecified atom stereocenters. The van der Waals surface area contributed by atoms with Crippen molar-refractivity contribution in [3.05, 3.63) is 11.7 Å². The fraction of sp³-hybridized carbons (Fsp3) is 0.818. The van der Waals surface area contributed by atoms with Gasteiger partial charge in [0, 0.05) is 19.5 Å². The first-order valence-corrected chi connectivity index (χ1v) is 5.90. The Labute approximate surface area is 97.2 Å². The molecule has 0 aliphatic carbocycles. The molecular formula is C11H22N4O. The highest BCUT2D eigenvalue weighted by Gasteiger charge is 2.08. The Morgan fingerprint density at radius 1 is 1.44 bits per heavy atom. The van der Waals surface area contributed by atoms with Gasteiger partial charge in [-0.3, -0.25) is 4.90 Å². The van der Waals surface area contributed by atoms with Crippen LogP contribution >= 0.6 is 0 Å². The minimum absolute atomic E-state index is 0.713. The fourth-order valence-electron chi connectivity index (χ4n) is 1.40. The summed E-state index contributed by atoms with van der Waals surface area (Å²) in [4.78, 5) is 6.52. The van der Waals surface area contributed by atoms with E-state index in [1.54, 1.807) is 0 Å². The molecule has 0 aliphatic rings. The average molecular weight is 226 g/mol. The van der Waals surface area contributed by atoms with Crippen molar-refractivity contribution in [2.24, 2.45) is 0 Å². The van der Waals surface area contributed by atoms with Crippen LogP contribution in [0.15, 0.2) is 4.52 Å². The second-order valence-corrected chi connectivity index (χ2v) is 4.05. The summed E-state index contributed by atoms with van der Waals surface area (Å²) in [6.45, 7) is 4.82. The van der Waals surface area contributed by atoms with Gasteiger partial charge in [0.2, 0.25) is 5.89 Å². The van der Waals surface area contributed by atoms with Crippen molar-refractivity contribution in [3.63, 3.8) is 0 Å². The highest BCUT2D eigenvalue weighted by atomic mass is 16.5. The number of aryl methyl sites for hydroxylation is 1. The van der Waals surface area contributed by atoms with Crippen LogP contribution in [-0.2, 0) is 13.0 Å². The Hall–Kier alpha value is -0.940. The molecule has 0 atom stereocenters. The van der Waals surface area contributed by atoms with Gasteiger partial charge in [0.05, 0.1) is 6.54 Å². The van der Waals surface area contributed by atoms with Crippen molar-refractivity contribution in [2.75, 3.05) is 27.2 Å². The molecule has 1 rings (SSSR count). The molecule has 1 aromatic heterocycles. The van der Waals surface area contributed by atoms with Gasteiger partial charge in [0.15, 0.2) is 5.82 Å². The number of nitrogens with one attached hydrogen (secondary N) is 1. The smallest absolute Gasteiger partial charge is 0.240 e. The van der Waals surface area contributed by atoms with E-state index in [4.69, 9.17) is 4.52 Å². The maximum Gasteiger partial charge on any atom is 0.240 e. The number of nitrogens with zero attached hydrogens (tertiary/aromatic N) is 3. The molecule has 0 saturated heterocycles. The van der Waals surface area contributed by atoms with Gasteiger partial charge in [-0.15, -0.1) is 0 Å². The molecule has 1 aromatic rings. The summed E-state index contributed by atoms with van der Waals surface area (Å²) in [5.41, 5.74) is 0. The topological polar surface area (TPSA) is 54.2 Å². The molecule has 1 heterocycles. The summed E-state index contributed by atoms with van der Waals surface area (Å²) in [6.07, 6.45) is 3.20. The highest BCUT2D eigenvalue weighted by Crippen LogP contribution is 2.03. The van der Waals surface area contributed by atoms with Gasteiger partial charge in [-0.05, 0) is 20.5 Å². The van der Waals surface area contributed by atoms with E-state index in [1.807, 2.05) is 14.1 Å². The number of hydrogen-bond donors (Lipinski definition) is 1. The standard InChI is InChI=1S/C11H22N4O/c1-4-5-6-10-13-11(16-14-10)9-15(3)8-7-12-2/h12H,4-9H2,1-3H3. The van der Waals surface area contributed by atoms with E-state index in [0.717, 1.165) is 44.7 Å². The summed E-state index contributed by atoms with van der Waals surface area (Å²) >= 11 is 0. The van der Waals surface area contributed by atoms with Crippen molar-refractivity contribution in [3.8, 4) is 0 Å². The average Bonchev–Trinajstić information content (AvgIpc) is 2.71. The molecule has 5 nitrogen and oxygen atoms in total. The Morgan fingerprint density at radius 2 is 2.25 bits per heavy atom. The first kappa shape index (κ1) is 13.1. The van der Waals surface area contributed by atoms with Gasteiger partial charge in [0.1, 0.15) is 0 Å². The van der Waals surface area contributed by atoms with Crippen LogP contribution < -0.4 is 5.32 Å². The van der Waals surface area contributed by atoms with Gasteiger partial charge in [-0.2, -0.15) is 4.98 Å². The third-order valence-electron chi connectivity index (χ3n) is 2.41. The summed E-state index contributed by atoms with van der Waals surface area (Å²) in [5.74, 6) is 1.54. The van der Waals surface area contributed by atoms with Crippen molar-refractivity contribution >= 4 is 0 Å². The zero-order valence-electron chi connectivity index (χ0n) is 10.5. The first-order valence-electron chi connectivity index (χ1n) is 5.90. The molecule has 0 fully saturated rings. The molecule has 0 aliphatic heterocycles. The lowest BCUT2D eigenvalue weighted by Crippen LogP contribution is -2.27. The third-order valence-corrected chi connectivity index (χ3v) is 2.41. The van der Waals surface area contributed by atoms with E-state index in [1.165, 1.54) is 0 Å². The Bertz CT molecular complexity index is 287. The number of aromatic nitrogens is 2. The second kappa shape index (κ2) is 7.35. The van der Waals surface area contributed by atoms with E-state index in [2.05, 4.69) is 27.3 Å². The molecule has 0 bridgehead atoms. The summed E-state index contributed by atoms with van der Waals surface area (Å²) in [6, 6.07) is 0. The van der Waals surface area contributed by atoms with E-state index in [9.17, 15) is 0 Å². The number of hydrogen-bond acceptors (Lipinski definition) is 5. The largest absolute Gasteiger partial charge is 0.338 e. The monoisotopic (exact) mass is 226 g/mol. The van der Waals surface area contributed by atoms with Crippen LogP contribution in [0.5, 0.6) is 0 Å². The predicted octanol–water partition coefficient (Wildman–Crippen LogP) is 1.06. The summed E-state index contributed by atoms with van der Waals surface area (Å²) < 4.78 is 5.19. The Balaban J connectivity index is 2.33. The van der Waals surface area contributed by atoms with E-state index < -0.39 is 0 Å².